The fourth-order valence-electron chi connectivity index (χ4n) is 1.46. The van der Waals surface area contributed by atoms with Crippen molar-refractivity contribution < 1.29 is 8.78 Å². The molecule has 0 aliphatic heterocycles. The molecule has 0 heterocycles. The van der Waals surface area contributed by atoms with E-state index in [0.29, 0.717) is 4.47 Å². The second kappa shape index (κ2) is 7.03. The Bertz CT molecular complexity index is 370. The number of rotatable bonds is 6. The average molecular weight is 307 g/mol. The molecule has 0 bridgehead atoms. The van der Waals surface area contributed by atoms with Crippen LogP contribution in [-0.4, -0.2) is 32.1 Å². The molecule has 1 rings (SSSR count). The Hall–Kier alpha value is -0.520. The summed E-state index contributed by atoms with van der Waals surface area (Å²) in [6.07, 6.45) is 0.949. The summed E-state index contributed by atoms with van der Waals surface area (Å²) in [4.78, 5) is 2.07. The lowest BCUT2D eigenvalue weighted by Crippen LogP contribution is -2.21. The normalized spacial score (nSPS) is 11.2. The van der Waals surface area contributed by atoms with Gasteiger partial charge in [0.15, 0.2) is 0 Å². The number of benzene rings is 1. The van der Waals surface area contributed by atoms with Gasteiger partial charge in [0.25, 0.3) is 0 Å². The first-order valence-electron chi connectivity index (χ1n) is 5.50. The zero-order valence-corrected chi connectivity index (χ0v) is 11.7. The molecule has 0 saturated carbocycles. The first-order chi connectivity index (χ1) is 8.02. The van der Waals surface area contributed by atoms with Gasteiger partial charge in [0.1, 0.15) is 11.6 Å². The zero-order valence-electron chi connectivity index (χ0n) is 10.1. The van der Waals surface area contributed by atoms with Crippen LogP contribution in [0.5, 0.6) is 0 Å². The van der Waals surface area contributed by atoms with Gasteiger partial charge in [-0.15, -0.1) is 0 Å². The van der Waals surface area contributed by atoms with E-state index in [9.17, 15) is 8.78 Å². The van der Waals surface area contributed by atoms with Gasteiger partial charge >= 0.3 is 0 Å². The Labute approximate surface area is 109 Å². The Morgan fingerprint density at radius 3 is 2.65 bits per heavy atom. The quantitative estimate of drug-likeness (QED) is 0.642. The summed E-state index contributed by atoms with van der Waals surface area (Å²) in [6, 6.07) is 2.64. The van der Waals surface area contributed by atoms with Crippen molar-refractivity contribution in [1.82, 2.24) is 10.2 Å². The van der Waals surface area contributed by atoms with E-state index < -0.39 is 11.6 Å². The molecule has 0 spiro atoms. The molecule has 1 aromatic rings. The first-order valence-corrected chi connectivity index (χ1v) is 6.29. The maximum atomic E-state index is 13.6. The van der Waals surface area contributed by atoms with Crippen molar-refractivity contribution in [3.63, 3.8) is 0 Å². The molecular formula is C12H17BrF2N2. The molecule has 0 aliphatic carbocycles. The van der Waals surface area contributed by atoms with Crippen molar-refractivity contribution in [2.75, 3.05) is 27.2 Å². The number of nitrogens with zero attached hydrogens (tertiary/aromatic N) is 1. The predicted octanol–water partition coefficient (Wildman–Crippen LogP) is 2.77. The molecule has 0 aliphatic rings. The van der Waals surface area contributed by atoms with Gasteiger partial charge in [-0.25, -0.2) is 8.78 Å². The highest BCUT2D eigenvalue weighted by molar-refractivity contribution is 9.10. The minimum absolute atomic E-state index is 0.0872. The predicted molar refractivity (Wildman–Crippen MR) is 68.9 cm³/mol. The van der Waals surface area contributed by atoms with Crippen LogP contribution in [0.3, 0.4) is 0 Å². The SMILES string of the molecule is CN(C)CCCNCc1c(F)ccc(Br)c1F. The molecule has 1 aromatic carbocycles. The summed E-state index contributed by atoms with van der Waals surface area (Å²) in [6.45, 7) is 1.91. The zero-order chi connectivity index (χ0) is 12.8. The van der Waals surface area contributed by atoms with Gasteiger partial charge in [-0.05, 0) is 61.7 Å². The van der Waals surface area contributed by atoms with Crippen molar-refractivity contribution in [3.05, 3.63) is 33.8 Å². The molecule has 1 N–H and O–H groups in total. The highest BCUT2D eigenvalue weighted by Crippen LogP contribution is 2.21. The fraction of sp³-hybridized carbons (Fsp3) is 0.500. The number of hydrogen-bond acceptors (Lipinski definition) is 2. The van der Waals surface area contributed by atoms with Crippen LogP contribution in [0.25, 0.3) is 0 Å². The van der Waals surface area contributed by atoms with Crippen LogP contribution in [0.4, 0.5) is 8.78 Å². The van der Waals surface area contributed by atoms with E-state index in [-0.39, 0.29) is 12.1 Å². The van der Waals surface area contributed by atoms with Crippen LogP contribution in [0.1, 0.15) is 12.0 Å². The monoisotopic (exact) mass is 306 g/mol. The summed E-state index contributed by atoms with van der Waals surface area (Å²) in [5.41, 5.74) is 0.0872. The molecule has 0 aromatic heterocycles. The third-order valence-corrected chi connectivity index (χ3v) is 3.01. The molecule has 2 nitrogen and oxygen atoms in total. The molecule has 0 fully saturated rings. The second-order valence-electron chi connectivity index (χ2n) is 4.16. The number of nitrogens with one attached hydrogen (secondary N) is 1. The fourth-order valence-corrected chi connectivity index (χ4v) is 1.84. The number of hydrogen-bond donors (Lipinski definition) is 1. The Morgan fingerprint density at radius 1 is 1.29 bits per heavy atom. The van der Waals surface area contributed by atoms with E-state index in [1.807, 2.05) is 14.1 Å². The lowest BCUT2D eigenvalue weighted by atomic mass is 10.2. The average Bonchev–Trinajstić information content (AvgIpc) is 2.27. The number of halogens is 3. The van der Waals surface area contributed by atoms with E-state index in [2.05, 4.69) is 26.1 Å². The highest BCUT2D eigenvalue weighted by atomic mass is 79.9. The van der Waals surface area contributed by atoms with Crippen LogP contribution in [0.15, 0.2) is 16.6 Å². The van der Waals surface area contributed by atoms with Gasteiger partial charge in [0.05, 0.1) is 4.47 Å². The van der Waals surface area contributed by atoms with Crippen molar-refractivity contribution in [2.45, 2.75) is 13.0 Å². The standard InChI is InChI=1S/C12H17BrF2N2/c1-17(2)7-3-6-16-8-9-11(14)5-4-10(13)12(9)15/h4-5,16H,3,6-8H2,1-2H3. The lowest BCUT2D eigenvalue weighted by Gasteiger charge is -2.11. The van der Waals surface area contributed by atoms with Crippen LogP contribution >= 0.6 is 15.9 Å². The van der Waals surface area contributed by atoms with Crippen LogP contribution in [-0.2, 0) is 6.54 Å². The van der Waals surface area contributed by atoms with Gasteiger partial charge in [-0.2, -0.15) is 0 Å². The molecule has 0 saturated heterocycles. The summed E-state index contributed by atoms with van der Waals surface area (Å²) in [5, 5.41) is 3.04. The topological polar surface area (TPSA) is 15.3 Å². The Morgan fingerprint density at radius 2 is 2.00 bits per heavy atom. The van der Waals surface area contributed by atoms with E-state index in [4.69, 9.17) is 0 Å². The second-order valence-corrected chi connectivity index (χ2v) is 5.01. The molecule has 5 heteroatoms. The first kappa shape index (κ1) is 14.5. The van der Waals surface area contributed by atoms with E-state index >= 15 is 0 Å². The van der Waals surface area contributed by atoms with Crippen LogP contribution in [0, 0.1) is 11.6 Å². The van der Waals surface area contributed by atoms with Gasteiger partial charge in [-0.3, -0.25) is 0 Å². The summed E-state index contributed by atoms with van der Waals surface area (Å²) in [7, 11) is 3.99. The van der Waals surface area contributed by atoms with Gasteiger partial charge in [0.2, 0.25) is 0 Å². The third-order valence-electron chi connectivity index (χ3n) is 2.40. The molecule has 17 heavy (non-hydrogen) atoms. The maximum absolute atomic E-state index is 13.6. The smallest absolute Gasteiger partial charge is 0.144 e. The van der Waals surface area contributed by atoms with Crippen LogP contribution in [0.2, 0.25) is 0 Å². The van der Waals surface area contributed by atoms with Gasteiger partial charge < -0.3 is 10.2 Å². The minimum atomic E-state index is -0.523. The largest absolute Gasteiger partial charge is 0.312 e. The summed E-state index contributed by atoms with van der Waals surface area (Å²) >= 11 is 3.05. The van der Waals surface area contributed by atoms with Crippen molar-refractivity contribution >= 4 is 15.9 Å². The lowest BCUT2D eigenvalue weighted by molar-refractivity contribution is 0.393. The van der Waals surface area contributed by atoms with Crippen molar-refractivity contribution in [2.24, 2.45) is 0 Å². The molecule has 0 unspecified atom stereocenters. The van der Waals surface area contributed by atoms with E-state index in [0.717, 1.165) is 19.5 Å². The minimum Gasteiger partial charge on any atom is -0.312 e. The third kappa shape index (κ3) is 4.69. The van der Waals surface area contributed by atoms with Crippen molar-refractivity contribution in [3.8, 4) is 0 Å². The van der Waals surface area contributed by atoms with E-state index in [1.54, 1.807) is 0 Å². The maximum Gasteiger partial charge on any atom is 0.144 e. The highest BCUT2D eigenvalue weighted by Gasteiger charge is 2.11. The Balaban J connectivity index is 2.44. The van der Waals surface area contributed by atoms with E-state index in [1.165, 1.54) is 12.1 Å². The Kier molecular flexibility index (Phi) is 6.02. The summed E-state index contributed by atoms with van der Waals surface area (Å²) < 4.78 is 27.2. The molecule has 0 radical (unpaired) electrons. The molecule has 0 amide bonds. The molecular weight excluding hydrogens is 290 g/mol. The summed E-state index contributed by atoms with van der Waals surface area (Å²) in [5.74, 6) is -1.03. The molecule has 0 atom stereocenters. The van der Waals surface area contributed by atoms with Gasteiger partial charge in [0, 0.05) is 12.1 Å². The van der Waals surface area contributed by atoms with Crippen molar-refractivity contribution in [1.29, 1.82) is 0 Å². The molecule has 96 valence electrons. The van der Waals surface area contributed by atoms with Crippen LogP contribution < -0.4 is 5.32 Å². The van der Waals surface area contributed by atoms with Gasteiger partial charge in [-0.1, -0.05) is 0 Å².